The van der Waals surface area contributed by atoms with E-state index in [1.807, 2.05) is 0 Å². The molecule has 2 saturated carbocycles. The second kappa shape index (κ2) is 4.44. The van der Waals surface area contributed by atoms with E-state index in [0.717, 1.165) is 31.6 Å². The summed E-state index contributed by atoms with van der Waals surface area (Å²) in [5, 5.41) is 0. The molecule has 0 aromatic heterocycles. The molecule has 4 rings (SSSR count). The average molecular weight is 282 g/mol. The molecule has 4 aliphatic rings. The number of fused-ring (bicyclic) bond motifs is 5. The predicted molar refractivity (Wildman–Crippen MR) is 85.8 cm³/mol. The summed E-state index contributed by atoms with van der Waals surface area (Å²) in [7, 11) is 0. The summed E-state index contributed by atoms with van der Waals surface area (Å²) in [4.78, 5) is 12.0. The first-order valence-corrected chi connectivity index (χ1v) is 8.64. The lowest BCUT2D eigenvalue weighted by atomic mass is 9.51. The van der Waals surface area contributed by atoms with E-state index in [0.29, 0.717) is 17.1 Å². The van der Waals surface area contributed by atoms with Gasteiger partial charge in [0.1, 0.15) is 5.78 Å². The molecular weight excluding hydrogens is 256 g/mol. The second-order valence-electron chi connectivity index (χ2n) is 8.10. The third kappa shape index (κ3) is 1.86. The van der Waals surface area contributed by atoms with Crippen LogP contribution in [0.1, 0.15) is 58.8 Å². The van der Waals surface area contributed by atoms with Crippen molar-refractivity contribution in [2.45, 2.75) is 58.8 Å². The van der Waals surface area contributed by atoms with Crippen molar-refractivity contribution >= 4 is 5.78 Å². The predicted octanol–water partition coefficient (Wildman–Crippen LogP) is 4.99. The monoisotopic (exact) mass is 282 g/mol. The lowest BCUT2D eigenvalue weighted by Crippen LogP contribution is -2.44. The Morgan fingerprint density at radius 3 is 2.95 bits per heavy atom. The summed E-state index contributed by atoms with van der Waals surface area (Å²) < 4.78 is 0. The molecule has 1 heteroatoms. The smallest absolute Gasteiger partial charge is 0.136 e. The molecule has 0 saturated heterocycles. The van der Waals surface area contributed by atoms with E-state index in [2.05, 4.69) is 38.2 Å². The zero-order chi connectivity index (χ0) is 14.7. The number of hydrogen-bond donors (Lipinski definition) is 0. The molecule has 21 heavy (non-hydrogen) atoms. The molecule has 0 aromatic rings. The Morgan fingerprint density at radius 1 is 1.24 bits per heavy atom. The van der Waals surface area contributed by atoms with Crippen LogP contribution in [0.2, 0.25) is 0 Å². The Morgan fingerprint density at radius 2 is 2.10 bits per heavy atom. The molecule has 4 atom stereocenters. The lowest BCUT2D eigenvalue weighted by Gasteiger charge is -2.53. The highest BCUT2D eigenvalue weighted by Crippen LogP contribution is 2.61. The van der Waals surface area contributed by atoms with Gasteiger partial charge >= 0.3 is 0 Å². The highest BCUT2D eigenvalue weighted by atomic mass is 16.1. The van der Waals surface area contributed by atoms with Gasteiger partial charge in [-0.2, -0.15) is 0 Å². The van der Waals surface area contributed by atoms with Crippen molar-refractivity contribution in [2.75, 3.05) is 0 Å². The van der Waals surface area contributed by atoms with Crippen molar-refractivity contribution in [3.63, 3.8) is 0 Å². The lowest BCUT2D eigenvalue weighted by molar-refractivity contribution is -0.118. The van der Waals surface area contributed by atoms with Crippen molar-refractivity contribution in [1.82, 2.24) is 0 Å². The Hall–Kier alpha value is -1.11. The Kier molecular flexibility index (Phi) is 2.87. The van der Waals surface area contributed by atoms with Crippen LogP contribution in [0.5, 0.6) is 0 Å². The van der Waals surface area contributed by atoms with E-state index < -0.39 is 0 Å². The van der Waals surface area contributed by atoms with Crippen molar-refractivity contribution in [3.8, 4) is 0 Å². The maximum absolute atomic E-state index is 12.0. The zero-order valence-electron chi connectivity index (χ0n) is 13.3. The molecule has 0 N–H and O–H groups in total. The first-order valence-electron chi connectivity index (χ1n) is 8.64. The van der Waals surface area contributed by atoms with Crippen LogP contribution in [0.25, 0.3) is 0 Å². The number of allylic oxidation sites excluding steroid dienone is 6. The molecule has 3 unspecified atom stereocenters. The van der Waals surface area contributed by atoms with E-state index in [1.54, 1.807) is 5.57 Å². The van der Waals surface area contributed by atoms with Gasteiger partial charge in [0, 0.05) is 18.3 Å². The van der Waals surface area contributed by atoms with Crippen LogP contribution < -0.4 is 0 Å². The van der Waals surface area contributed by atoms with Crippen LogP contribution in [0.3, 0.4) is 0 Å². The molecule has 2 fully saturated rings. The van der Waals surface area contributed by atoms with Crippen LogP contribution in [0.4, 0.5) is 0 Å². The number of ketones is 1. The van der Waals surface area contributed by atoms with Gasteiger partial charge in [-0.3, -0.25) is 4.79 Å². The van der Waals surface area contributed by atoms with Gasteiger partial charge in [-0.25, -0.2) is 0 Å². The van der Waals surface area contributed by atoms with E-state index >= 15 is 0 Å². The van der Waals surface area contributed by atoms with E-state index in [1.165, 1.54) is 24.8 Å². The summed E-state index contributed by atoms with van der Waals surface area (Å²) in [5.74, 6) is 1.93. The van der Waals surface area contributed by atoms with Crippen LogP contribution in [0, 0.1) is 22.7 Å². The highest BCUT2D eigenvalue weighted by molar-refractivity contribution is 5.81. The van der Waals surface area contributed by atoms with Gasteiger partial charge in [0.05, 0.1) is 0 Å². The van der Waals surface area contributed by atoms with Gasteiger partial charge in [-0.05, 0) is 49.4 Å². The fraction of sp³-hybridized carbons (Fsp3) is 0.650. The van der Waals surface area contributed by atoms with Crippen molar-refractivity contribution in [1.29, 1.82) is 0 Å². The van der Waals surface area contributed by atoms with Gasteiger partial charge < -0.3 is 0 Å². The molecule has 0 aromatic carbocycles. The highest BCUT2D eigenvalue weighted by Gasteiger charge is 2.51. The maximum Gasteiger partial charge on any atom is 0.136 e. The van der Waals surface area contributed by atoms with E-state index in [9.17, 15) is 4.79 Å². The van der Waals surface area contributed by atoms with Gasteiger partial charge in [-0.1, -0.05) is 49.3 Å². The minimum absolute atomic E-state index is 0.278. The van der Waals surface area contributed by atoms with Crippen molar-refractivity contribution in [2.24, 2.45) is 22.7 Å². The summed E-state index contributed by atoms with van der Waals surface area (Å²) in [6, 6.07) is 0. The summed E-state index contributed by atoms with van der Waals surface area (Å²) >= 11 is 0. The Balaban J connectivity index is 1.74. The number of carbonyl (C=O) groups is 1. The van der Waals surface area contributed by atoms with Crippen LogP contribution in [-0.2, 0) is 4.79 Å². The summed E-state index contributed by atoms with van der Waals surface area (Å²) in [5.41, 5.74) is 3.75. The Labute approximate surface area is 128 Å². The van der Waals surface area contributed by atoms with Gasteiger partial charge in [0.2, 0.25) is 0 Å². The van der Waals surface area contributed by atoms with Crippen molar-refractivity contribution in [3.05, 3.63) is 35.5 Å². The number of Topliss-reactive ketones (excluding diaryl/α,β-unsaturated/α-hetero) is 1. The first-order chi connectivity index (χ1) is 10.0. The first kappa shape index (κ1) is 13.5. The molecule has 0 spiro atoms. The second-order valence-corrected chi connectivity index (χ2v) is 8.10. The zero-order valence-corrected chi connectivity index (χ0v) is 13.3. The molecule has 112 valence electrons. The minimum Gasteiger partial charge on any atom is -0.299 e. The van der Waals surface area contributed by atoms with Crippen LogP contribution >= 0.6 is 0 Å². The third-order valence-electron chi connectivity index (χ3n) is 6.97. The maximum atomic E-state index is 12.0. The Bertz CT molecular complexity index is 579. The number of carbonyl (C=O) groups excluding carboxylic acids is 1. The summed E-state index contributed by atoms with van der Waals surface area (Å²) in [6.45, 7) is 4.87. The molecule has 0 heterocycles. The fourth-order valence-electron chi connectivity index (χ4n) is 5.67. The fourth-order valence-corrected chi connectivity index (χ4v) is 5.67. The molecule has 4 aliphatic carbocycles. The number of hydrogen-bond acceptors (Lipinski definition) is 1. The minimum atomic E-state index is 0.278. The standard InChI is InChI=1S/C20H26O/c1-19-10-4-6-17(19)16-8-7-14-13-15(21)5-3-11-20(14,2)18(16)9-12-19/h4,6-7,10,16,18H,3,5,8-9,11-13H2,1-2H3/t16?,18-,19?,20?/m0/s1. The van der Waals surface area contributed by atoms with Crippen LogP contribution in [0.15, 0.2) is 35.5 Å². The average Bonchev–Trinajstić information content (AvgIpc) is 2.76. The topological polar surface area (TPSA) is 17.1 Å². The van der Waals surface area contributed by atoms with Crippen LogP contribution in [-0.4, -0.2) is 5.78 Å². The SMILES string of the molecule is CC12C=CC=C1C1CC=C3CC(=O)CCCC3(C)[C@H]1CC2. The molecule has 0 amide bonds. The molecule has 1 nitrogen and oxygen atoms in total. The molecular formula is C20H26O. The van der Waals surface area contributed by atoms with Crippen molar-refractivity contribution < 1.29 is 4.79 Å². The number of rotatable bonds is 0. The van der Waals surface area contributed by atoms with Gasteiger partial charge in [0.15, 0.2) is 0 Å². The molecule has 0 aliphatic heterocycles. The van der Waals surface area contributed by atoms with E-state index in [-0.39, 0.29) is 5.41 Å². The largest absolute Gasteiger partial charge is 0.299 e. The molecule has 0 bridgehead atoms. The van der Waals surface area contributed by atoms with Gasteiger partial charge in [0.25, 0.3) is 0 Å². The van der Waals surface area contributed by atoms with E-state index in [4.69, 9.17) is 0 Å². The summed E-state index contributed by atoms with van der Waals surface area (Å²) in [6.07, 6.45) is 17.1. The normalized spacial score (nSPS) is 45.1. The quantitative estimate of drug-likeness (QED) is 0.572. The van der Waals surface area contributed by atoms with Gasteiger partial charge in [-0.15, -0.1) is 0 Å². The molecule has 0 radical (unpaired) electrons. The third-order valence-corrected chi connectivity index (χ3v) is 6.97.